The summed E-state index contributed by atoms with van der Waals surface area (Å²) in [4.78, 5) is 22.0. The molecule has 0 saturated heterocycles. The van der Waals surface area contributed by atoms with Gasteiger partial charge in [0.1, 0.15) is 0 Å². The Hall–Kier alpha value is -1.01. The summed E-state index contributed by atoms with van der Waals surface area (Å²) < 4.78 is 0. The second kappa shape index (κ2) is 16.7. The number of carboxylic acid groups (broad SMARTS) is 2. The van der Waals surface area contributed by atoms with Crippen molar-refractivity contribution in [1.82, 2.24) is 0 Å². The summed E-state index contributed by atoms with van der Waals surface area (Å²) in [5.41, 5.74) is 1.10. The molecule has 1 rings (SSSR count). The fourth-order valence-corrected chi connectivity index (χ4v) is 5.43. The Labute approximate surface area is 186 Å². The van der Waals surface area contributed by atoms with Gasteiger partial charge in [0.2, 0.25) is 0 Å². The van der Waals surface area contributed by atoms with Crippen LogP contribution in [0.4, 0.5) is 0 Å². The molecular weight excluding hydrogens is 400 g/mol. The van der Waals surface area contributed by atoms with Crippen LogP contribution in [0.15, 0.2) is 11.6 Å². The van der Waals surface area contributed by atoms with Crippen molar-refractivity contribution in [3.63, 3.8) is 0 Å². The lowest BCUT2D eigenvalue weighted by molar-refractivity contribution is -0.139. The Morgan fingerprint density at radius 3 is 2.03 bits per heavy atom. The van der Waals surface area contributed by atoms with E-state index >= 15 is 0 Å². The van der Waals surface area contributed by atoms with Crippen molar-refractivity contribution in [3.8, 4) is 0 Å². The quantitative estimate of drug-likeness (QED) is 0.188. The second-order valence-corrected chi connectivity index (χ2v) is 9.75. The fourth-order valence-electron chi connectivity index (χ4n) is 4.26. The topological polar surface area (TPSA) is 94.8 Å². The predicted octanol–water partition coefficient (Wildman–Crippen LogP) is 6.05. The number of hydrogen-bond acceptors (Lipinski definition) is 4. The summed E-state index contributed by atoms with van der Waals surface area (Å²) >= 11 is 1.23. The Kier molecular flexibility index (Phi) is 15.0. The van der Waals surface area contributed by atoms with Crippen LogP contribution in [0.5, 0.6) is 0 Å². The summed E-state index contributed by atoms with van der Waals surface area (Å²) in [7, 11) is 0. The van der Waals surface area contributed by atoms with E-state index in [2.05, 4.69) is 13.0 Å². The fraction of sp³-hybridized carbons (Fsp3) is 0.833. The standard InChI is InChI=1S/C24H42O5S/c1-2-3-4-5-6-7-8-9-10-11-12-13-14-19-15-16-20(17-21(25)26)23(29)24(19)30-18-22(27)28/h14,20,23-24,29H,2-13,15-18H2,1H3,(H,25,26)(H,27,28)/b19-14+/t20-,23+,24-/m0/s1. The minimum absolute atomic E-state index is 0.0584. The third-order valence-corrected chi connectivity index (χ3v) is 7.35. The number of aliphatic hydroxyl groups excluding tert-OH is 1. The van der Waals surface area contributed by atoms with E-state index in [9.17, 15) is 14.7 Å². The molecule has 30 heavy (non-hydrogen) atoms. The molecule has 1 fully saturated rings. The van der Waals surface area contributed by atoms with Gasteiger partial charge >= 0.3 is 11.9 Å². The van der Waals surface area contributed by atoms with Gasteiger partial charge in [-0.2, -0.15) is 0 Å². The summed E-state index contributed by atoms with van der Waals surface area (Å²) in [5, 5.41) is 28.4. The van der Waals surface area contributed by atoms with Crippen LogP contribution in [0, 0.1) is 5.92 Å². The number of allylic oxidation sites excluding steroid dienone is 1. The molecule has 3 N–H and O–H groups in total. The minimum atomic E-state index is -0.908. The molecule has 0 aliphatic heterocycles. The Bertz CT molecular complexity index is 520. The van der Waals surface area contributed by atoms with Crippen LogP contribution < -0.4 is 0 Å². The average Bonchev–Trinajstić information content (AvgIpc) is 2.69. The lowest BCUT2D eigenvalue weighted by Crippen LogP contribution is -2.38. The van der Waals surface area contributed by atoms with Gasteiger partial charge in [0.25, 0.3) is 0 Å². The van der Waals surface area contributed by atoms with Gasteiger partial charge in [-0.3, -0.25) is 9.59 Å². The lowest BCUT2D eigenvalue weighted by atomic mass is 9.80. The number of unbranched alkanes of at least 4 members (excludes halogenated alkanes) is 11. The smallest absolute Gasteiger partial charge is 0.313 e. The van der Waals surface area contributed by atoms with E-state index in [1.807, 2.05) is 0 Å². The van der Waals surface area contributed by atoms with E-state index in [0.29, 0.717) is 6.42 Å². The second-order valence-electron chi connectivity index (χ2n) is 8.62. The number of carboxylic acids is 2. The monoisotopic (exact) mass is 442 g/mol. The van der Waals surface area contributed by atoms with Gasteiger partial charge in [-0.25, -0.2) is 0 Å². The van der Waals surface area contributed by atoms with Crippen molar-refractivity contribution in [2.75, 3.05) is 5.75 Å². The molecule has 5 nitrogen and oxygen atoms in total. The molecule has 1 aliphatic rings. The maximum Gasteiger partial charge on any atom is 0.313 e. The van der Waals surface area contributed by atoms with Gasteiger partial charge in [0, 0.05) is 0 Å². The first-order chi connectivity index (χ1) is 14.5. The highest BCUT2D eigenvalue weighted by Gasteiger charge is 2.36. The third kappa shape index (κ3) is 12.0. The molecule has 0 amide bonds. The molecule has 0 spiro atoms. The van der Waals surface area contributed by atoms with Crippen molar-refractivity contribution >= 4 is 23.7 Å². The first-order valence-corrected chi connectivity index (χ1v) is 12.9. The Morgan fingerprint density at radius 1 is 0.933 bits per heavy atom. The molecule has 174 valence electrons. The molecular formula is C24H42O5S. The van der Waals surface area contributed by atoms with Crippen molar-refractivity contribution in [1.29, 1.82) is 0 Å². The van der Waals surface area contributed by atoms with Gasteiger partial charge in [0.05, 0.1) is 23.5 Å². The van der Waals surface area contributed by atoms with Gasteiger partial charge in [-0.1, -0.05) is 82.8 Å². The molecule has 1 aliphatic carbocycles. The van der Waals surface area contributed by atoms with Crippen LogP contribution in [-0.2, 0) is 9.59 Å². The molecule has 0 bridgehead atoms. The third-order valence-electron chi connectivity index (χ3n) is 6.00. The van der Waals surface area contributed by atoms with E-state index in [1.165, 1.54) is 76.0 Å². The number of thioether (sulfide) groups is 1. The van der Waals surface area contributed by atoms with Crippen LogP contribution in [0.25, 0.3) is 0 Å². The zero-order valence-electron chi connectivity index (χ0n) is 18.7. The maximum atomic E-state index is 11.0. The highest BCUT2D eigenvalue weighted by Crippen LogP contribution is 2.38. The van der Waals surface area contributed by atoms with Crippen LogP contribution in [0.1, 0.15) is 103 Å². The van der Waals surface area contributed by atoms with Crippen molar-refractivity contribution in [2.45, 2.75) is 115 Å². The molecule has 0 heterocycles. The van der Waals surface area contributed by atoms with Gasteiger partial charge in [-0.15, -0.1) is 11.8 Å². The number of aliphatic hydroxyl groups is 1. The van der Waals surface area contributed by atoms with Gasteiger partial charge in [-0.05, 0) is 31.6 Å². The number of carbonyl (C=O) groups is 2. The summed E-state index contributed by atoms with van der Waals surface area (Å²) in [6, 6.07) is 0. The van der Waals surface area contributed by atoms with E-state index < -0.39 is 18.0 Å². The zero-order chi connectivity index (χ0) is 22.2. The van der Waals surface area contributed by atoms with E-state index in [4.69, 9.17) is 10.2 Å². The average molecular weight is 443 g/mol. The molecule has 0 aromatic carbocycles. The van der Waals surface area contributed by atoms with Crippen LogP contribution in [0.2, 0.25) is 0 Å². The van der Waals surface area contributed by atoms with Crippen LogP contribution in [-0.4, -0.2) is 44.4 Å². The number of aliphatic carboxylic acids is 2. The number of rotatable bonds is 17. The molecule has 0 unspecified atom stereocenters. The molecule has 3 atom stereocenters. The van der Waals surface area contributed by atoms with Crippen molar-refractivity contribution in [3.05, 3.63) is 11.6 Å². The maximum absolute atomic E-state index is 11.0. The minimum Gasteiger partial charge on any atom is -0.481 e. The first kappa shape index (κ1) is 27.0. The lowest BCUT2D eigenvalue weighted by Gasteiger charge is -2.36. The highest BCUT2D eigenvalue weighted by molar-refractivity contribution is 8.00. The van der Waals surface area contributed by atoms with Crippen molar-refractivity contribution < 1.29 is 24.9 Å². The van der Waals surface area contributed by atoms with Crippen molar-refractivity contribution in [2.24, 2.45) is 5.92 Å². The summed E-state index contributed by atoms with van der Waals surface area (Å²) in [6.45, 7) is 2.25. The zero-order valence-corrected chi connectivity index (χ0v) is 19.5. The molecule has 1 saturated carbocycles. The summed E-state index contributed by atoms with van der Waals surface area (Å²) in [6.07, 6.45) is 18.0. The summed E-state index contributed by atoms with van der Waals surface area (Å²) in [5.74, 6) is -2.18. The largest absolute Gasteiger partial charge is 0.481 e. The van der Waals surface area contributed by atoms with E-state index in [-0.39, 0.29) is 23.3 Å². The van der Waals surface area contributed by atoms with Crippen LogP contribution in [0.3, 0.4) is 0 Å². The van der Waals surface area contributed by atoms with Gasteiger partial charge in [0.15, 0.2) is 0 Å². The van der Waals surface area contributed by atoms with E-state index in [1.54, 1.807) is 0 Å². The molecule has 0 aromatic heterocycles. The Morgan fingerprint density at radius 2 is 1.50 bits per heavy atom. The van der Waals surface area contributed by atoms with Crippen LogP contribution >= 0.6 is 11.8 Å². The number of hydrogen-bond donors (Lipinski definition) is 3. The van der Waals surface area contributed by atoms with Gasteiger partial charge < -0.3 is 15.3 Å². The highest BCUT2D eigenvalue weighted by atomic mass is 32.2. The normalized spacial score (nSPS) is 23.0. The Balaban J connectivity index is 2.30. The first-order valence-electron chi connectivity index (χ1n) is 11.9. The van der Waals surface area contributed by atoms with E-state index in [0.717, 1.165) is 24.8 Å². The molecule has 0 radical (unpaired) electrons. The molecule has 0 aromatic rings. The predicted molar refractivity (Wildman–Crippen MR) is 124 cm³/mol. The molecule has 6 heteroatoms. The SMILES string of the molecule is CCCCCCCCCCCCC/C=C1\CC[C@@H](CC(=O)O)[C@@H](O)[C@H]1SCC(=O)O.